The second-order valence-corrected chi connectivity index (χ2v) is 6.65. The number of carbonyl (C=O) groups excluding carboxylic acids is 1. The lowest BCUT2D eigenvalue weighted by molar-refractivity contribution is -0.153. The highest BCUT2D eigenvalue weighted by Gasteiger charge is 2.49. The van der Waals surface area contributed by atoms with Gasteiger partial charge in [0.15, 0.2) is 0 Å². The van der Waals surface area contributed by atoms with Crippen molar-refractivity contribution in [3.63, 3.8) is 0 Å². The van der Waals surface area contributed by atoms with E-state index < -0.39 is 0 Å². The third-order valence-corrected chi connectivity index (χ3v) is 5.01. The average molecular weight is 287 g/mol. The summed E-state index contributed by atoms with van der Waals surface area (Å²) in [5, 5.41) is 0. The van der Waals surface area contributed by atoms with Crippen LogP contribution >= 0.6 is 0 Å². The number of hydrogen-bond donors (Lipinski definition) is 0. The van der Waals surface area contributed by atoms with Crippen LogP contribution in [0.2, 0.25) is 0 Å². The zero-order chi connectivity index (χ0) is 14.3. The summed E-state index contributed by atoms with van der Waals surface area (Å²) in [5.74, 6) is 1.51. The molecule has 21 heavy (non-hydrogen) atoms. The molecule has 1 spiro atoms. The number of hydrogen-bond acceptors (Lipinski definition) is 3. The van der Waals surface area contributed by atoms with Crippen LogP contribution in [0, 0.1) is 11.3 Å². The first-order chi connectivity index (χ1) is 10.3. The second-order valence-electron chi connectivity index (χ2n) is 6.65. The van der Waals surface area contributed by atoms with Gasteiger partial charge in [-0.15, -0.1) is 0 Å². The molecule has 0 aromatic heterocycles. The highest BCUT2D eigenvalue weighted by Crippen LogP contribution is 2.41. The van der Waals surface area contributed by atoms with E-state index in [0.717, 1.165) is 57.9 Å². The minimum Gasteiger partial charge on any atom is -0.493 e. The van der Waals surface area contributed by atoms with Crippen molar-refractivity contribution in [1.29, 1.82) is 0 Å². The smallest absolute Gasteiger partial charge is 0.225 e. The number of nitrogens with zero attached hydrogens (tertiary/aromatic N) is 1. The molecule has 3 aliphatic rings. The molecule has 4 heteroatoms. The fourth-order valence-corrected chi connectivity index (χ4v) is 3.80. The van der Waals surface area contributed by atoms with Gasteiger partial charge in [-0.25, -0.2) is 0 Å². The molecular weight excluding hydrogens is 266 g/mol. The van der Waals surface area contributed by atoms with Crippen molar-refractivity contribution < 1.29 is 14.3 Å². The van der Waals surface area contributed by atoms with Gasteiger partial charge in [0.05, 0.1) is 6.61 Å². The van der Waals surface area contributed by atoms with Gasteiger partial charge in [0, 0.05) is 37.6 Å². The summed E-state index contributed by atoms with van der Waals surface area (Å²) in [6.45, 7) is 3.88. The van der Waals surface area contributed by atoms with E-state index in [1.165, 1.54) is 5.56 Å². The summed E-state index contributed by atoms with van der Waals surface area (Å²) >= 11 is 0. The first kappa shape index (κ1) is 13.1. The van der Waals surface area contributed by atoms with Crippen molar-refractivity contribution in [3.8, 4) is 5.75 Å². The Morgan fingerprint density at radius 1 is 1.19 bits per heavy atom. The Balaban J connectivity index is 1.40. The standard InChI is InChI=1S/C17H21NO3/c19-16(13-5-7-20-8-6-13)18-10-17(11-18)9-14-3-1-2-4-15(14)21-12-17/h1-4,13H,5-12H2. The van der Waals surface area contributed by atoms with E-state index in [-0.39, 0.29) is 11.3 Å². The fraction of sp³-hybridized carbons (Fsp3) is 0.588. The van der Waals surface area contributed by atoms with E-state index in [4.69, 9.17) is 9.47 Å². The maximum Gasteiger partial charge on any atom is 0.225 e. The van der Waals surface area contributed by atoms with Crippen LogP contribution in [0.25, 0.3) is 0 Å². The molecule has 1 aromatic carbocycles. The second kappa shape index (κ2) is 5.02. The first-order valence-corrected chi connectivity index (χ1v) is 7.83. The van der Waals surface area contributed by atoms with Gasteiger partial charge >= 0.3 is 0 Å². The molecule has 1 amide bonds. The Hall–Kier alpha value is -1.55. The van der Waals surface area contributed by atoms with E-state index in [2.05, 4.69) is 12.1 Å². The molecule has 2 saturated heterocycles. The van der Waals surface area contributed by atoms with E-state index in [1.54, 1.807) is 0 Å². The van der Waals surface area contributed by atoms with Crippen molar-refractivity contribution in [1.82, 2.24) is 4.90 Å². The summed E-state index contributed by atoms with van der Waals surface area (Å²) in [6.07, 6.45) is 2.78. The van der Waals surface area contributed by atoms with Crippen LogP contribution in [0.15, 0.2) is 24.3 Å². The lowest BCUT2D eigenvalue weighted by Gasteiger charge is -2.52. The Kier molecular flexibility index (Phi) is 3.14. The molecule has 1 aromatic rings. The molecule has 0 radical (unpaired) electrons. The van der Waals surface area contributed by atoms with Crippen molar-refractivity contribution in [2.75, 3.05) is 32.9 Å². The van der Waals surface area contributed by atoms with Crippen LogP contribution in [0.4, 0.5) is 0 Å². The van der Waals surface area contributed by atoms with E-state index in [0.29, 0.717) is 5.91 Å². The number of likely N-dealkylation sites (tertiary alicyclic amines) is 1. The molecule has 0 atom stereocenters. The quantitative estimate of drug-likeness (QED) is 0.791. The summed E-state index contributed by atoms with van der Waals surface area (Å²) in [4.78, 5) is 14.5. The Morgan fingerprint density at radius 3 is 2.76 bits per heavy atom. The lowest BCUT2D eigenvalue weighted by atomic mass is 9.73. The van der Waals surface area contributed by atoms with Crippen molar-refractivity contribution in [2.45, 2.75) is 19.3 Å². The predicted molar refractivity (Wildman–Crippen MR) is 78.2 cm³/mol. The highest BCUT2D eigenvalue weighted by atomic mass is 16.5. The fourth-order valence-electron chi connectivity index (χ4n) is 3.80. The first-order valence-electron chi connectivity index (χ1n) is 7.83. The van der Waals surface area contributed by atoms with Gasteiger partial charge in [0.2, 0.25) is 5.91 Å². The summed E-state index contributed by atoms with van der Waals surface area (Å²) in [6, 6.07) is 8.24. The number of carbonyl (C=O) groups is 1. The number of para-hydroxylation sites is 1. The topological polar surface area (TPSA) is 38.8 Å². The summed E-state index contributed by atoms with van der Waals surface area (Å²) in [7, 11) is 0. The molecule has 0 unspecified atom stereocenters. The monoisotopic (exact) mass is 287 g/mol. The molecule has 0 saturated carbocycles. The van der Waals surface area contributed by atoms with Crippen molar-refractivity contribution in [3.05, 3.63) is 29.8 Å². The number of amides is 1. The summed E-state index contributed by atoms with van der Waals surface area (Å²) in [5.41, 5.74) is 1.43. The van der Waals surface area contributed by atoms with Crippen LogP contribution in [0.5, 0.6) is 5.75 Å². The SMILES string of the molecule is O=C(C1CCOCC1)N1CC2(COc3ccccc3C2)C1. The number of fused-ring (bicyclic) bond motifs is 1. The summed E-state index contributed by atoms with van der Waals surface area (Å²) < 4.78 is 11.2. The van der Waals surface area contributed by atoms with E-state index in [9.17, 15) is 4.79 Å². The van der Waals surface area contributed by atoms with Gasteiger partial charge in [-0.2, -0.15) is 0 Å². The van der Waals surface area contributed by atoms with Crippen LogP contribution in [-0.4, -0.2) is 43.7 Å². The van der Waals surface area contributed by atoms with Gasteiger partial charge in [-0.05, 0) is 30.9 Å². The van der Waals surface area contributed by atoms with Gasteiger partial charge in [0.1, 0.15) is 5.75 Å². The highest BCUT2D eigenvalue weighted by molar-refractivity contribution is 5.80. The molecule has 3 aliphatic heterocycles. The predicted octanol–water partition coefficient (Wildman–Crippen LogP) is 1.88. The minimum absolute atomic E-state index is 0.148. The average Bonchev–Trinajstić information content (AvgIpc) is 2.52. The molecule has 112 valence electrons. The normalized spacial score (nSPS) is 24.1. The minimum atomic E-state index is 0.148. The molecule has 4 rings (SSSR count). The third kappa shape index (κ3) is 2.31. The number of benzene rings is 1. The molecule has 4 nitrogen and oxygen atoms in total. The third-order valence-electron chi connectivity index (χ3n) is 5.01. The zero-order valence-electron chi connectivity index (χ0n) is 12.2. The Labute approximate surface area is 125 Å². The Morgan fingerprint density at radius 2 is 1.95 bits per heavy atom. The number of rotatable bonds is 1. The van der Waals surface area contributed by atoms with Crippen LogP contribution in [0.3, 0.4) is 0 Å². The Bertz CT molecular complexity index is 545. The molecule has 0 aliphatic carbocycles. The van der Waals surface area contributed by atoms with E-state index in [1.807, 2.05) is 17.0 Å². The van der Waals surface area contributed by atoms with Crippen molar-refractivity contribution in [2.24, 2.45) is 11.3 Å². The molecular formula is C17H21NO3. The maximum atomic E-state index is 12.5. The van der Waals surface area contributed by atoms with Gasteiger partial charge in [0.25, 0.3) is 0 Å². The molecule has 2 fully saturated rings. The van der Waals surface area contributed by atoms with Crippen molar-refractivity contribution >= 4 is 5.91 Å². The van der Waals surface area contributed by atoms with Crippen LogP contribution in [-0.2, 0) is 16.0 Å². The van der Waals surface area contributed by atoms with Gasteiger partial charge in [-0.1, -0.05) is 18.2 Å². The molecule has 0 bridgehead atoms. The zero-order valence-corrected chi connectivity index (χ0v) is 12.2. The number of ether oxygens (including phenoxy) is 2. The maximum absolute atomic E-state index is 12.5. The van der Waals surface area contributed by atoms with Gasteiger partial charge in [-0.3, -0.25) is 4.79 Å². The van der Waals surface area contributed by atoms with Gasteiger partial charge < -0.3 is 14.4 Å². The largest absolute Gasteiger partial charge is 0.493 e. The van der Waals surface area contributed by atoms with E-state index >= 15 is 0 Å². The lowest BCUT2D eigenvalue weighted by Crippen LogP contribution is -2.64. The van der Waals surface area contributed by atoms with Crippen LogP contribution in [0.1, 0.15) is 18.4 Å². The molecule has 0 N–H and O–H groups in total. The van der Waals surface area contributed by atoms with Crippen LogP contribution < -0.4 is 4.74 Å². The molecule has 3 heterocycles.